The van der Waals surface area contributed by atoms with Crippen molar-refractivity contribution in [2.45, 2.75) is 44.2 Å². The van der Waals surface area contributed by atoms with Crippen LogP contribution in [0.3, 0.4) is 0 Å². The van der Waals surface area contributed by atoms with E-state index in [1.165, 1.54) is 24.1 Å². The lowest BCUT2D eigenvalue weighted by atomic mass is 10.00. The highest BCUT2D eigenvalue weighted by Gasteiger charge is 2.39. The van der Waals surface area contributed by atoms with Crippen molar-refractivity contribution in [2.24, 2.45) is 13.0 Å². The highest BCUT2D eigenvalue weighted by Crippen LogP contribution is 2.33. The number of hydrogen-bond acceptors (Lipinski definition) is 6. The van der Waals surface area contributed by atoms with Gasteiger partial charge in [0.25, 0.3) is 0 Å². The summed E-state index contributed by atoms with van der Waals surface area (Å²) in [5.41, 5.74) is 2.66. The van der Waals surface area contributed by atoms with Crippen LogP contribution in [0.4, 0.5) is 26.3 Å². The predicted octanol–water partition coefficient (Wildman–Crippen LogP) is 3.81. The number of carbonyl (C=O) groups is 2. The third-order valence-electron chi connectivity index (χ3n) is 5.24. The van der Waals surface area contributed by atoms with Crippen molar-refractivity contribution in [3.8, 4) is 0 Å². The van der Waals surface area contributed by atoms with Crippen molar-refractivity contribution in [3.63, 3.8) is 0 Å². The lowest BCUT2D eigenvalue weighted by Gasteiger charge is -2.35. The van der Waals surface area contributed by atoms with Gasteiger partial charge in [0.1, 0.15) is 5.76 Å². The van der Waals surface area contributed by atoms with Gasteiger partial charge in [-0.05, 0) is 42.9 Å². The van der Waals surface area contributed by atoms with Gasteiger partial charge < -0.3 is 19.4 Å². The van der Waals surface area contributed by atoms with Crippen LogP contribution in [0.15, 0.2) is 29.0 Å². The number of carboxylic acid groups (broad SMARTS) is 2. The second-order valence-electron chi connectivity index (χ2n) is 8.08. The van der Waals surface area contributed by atoms with Gasteiger partial charge in [0.2, 0.25) is 0 Å². The maximum atomic E-state index is 10.6. The minimum absolute atomic E-state index is 0.264. The third-order valence-corrected chi connectivity index (χ3v) is 5.24. The quantitative estimate of drug-likeness (QED) is 0.543. The fourth-order valence-corrected chi connectivity index (χ4v) is 3.31. The predicted molar refractivity (Wildman–Crippen MR) is 110 cm³/mol. The fraction of sp³-hybridized carbons (Fsp3) is 0.571. The molecule has 0 radical (unpaired) electrons. The number of rotatable bonds is 6. The zero-order valence-electron chi connectivity index (χ0n) is 19.1. The van der Waals surface area contributed by atoms with Crippen molar-refractivity contribution in [2.75, 3.05) is 19.8 Å². The Labute approximate surface area is 201 Å². The van der Waals surface area contributed by atoms with Crippen LogP contribution < -0.4 is 0 Å². The highest BCUT2D eigenvalue weighted by atomic mass is 19.4. The molecule has 1 fully saturated rings. The van der Waals surface area contributed by atoms with Gasteiger partial charge in [0.15, 0.2) is 0 Å². The molecule has 2 aromatic heterocycles. The zero-order valence-corrected chi connectivity index (χ0v) is 19.1. The summed E-state index contributed by atoms with van der Waals surface area (Å²) in [5, 5.41) is 18.7. The summed E-state index contributed by atoms with van der Waals surface area (Å²) in [6.07, 6.45) is -2.71. The highest BCUT2D eigenvalue weighted by molar-refractivity contribution is 5.73. The number of ether oxygens (including phenoxy) is 1. The monoisotopic (exact) mass is 529 g/mol. The number of nitrogens with zero attached hydrogens (tertiary/aromatic N) is 3. The first-order valence-corrected chi connectivity index (χ1v) is 10.6. The summed E-state index contributed by atoms with van der Waals surface area (Å²) >= 11 is 0. The van der Waals surface area contributed by atoms with E-state index in [0.29, 0.717) is 0 Å². The number of fused-ring (bicyclic) bond motifs is 1. The van der Waals surface area contributed by atoms with Gasteiger partial charge in [-0.2, -0.15) is 31.4 Å². The summed E-state index contributed by atoms with van der Waals surface area (Å²) in [5.74, 6) is -3.70. The smallest absolute Gasteiger partial charge is 0.475 e. The van der Waals surface area contributed by atoms with Crippen molar-refractivity contribution < 1.29 is 55.3 Å². The van der Waals surface area contributed by atoms with Crippen LogP contribution in [0.25, 0.3) is 0 Å². The van der Waals surface area contributed by atoms with Crippen molar-refractivity contribution >= 4 is 11.9 Å². The maximum absolute atomic E-state index is 10.6. The molecule has 1 aliphatic carbocycles. The molecule has 3 heterocycles. The van der Waals surface area contributed by atoms with E-state index in [0.717, 1.165) is 44.4 Å². The van der Waals surface area contributed by atoms with Crippen LogP contribution in [0.5, 0.6) is 0 Å². The standard InChI is InChI=1S/C17H23N3O2.2C2HF3O2/c1-19-17-14(9-18-19)6-7-20(10-15-3-2-8-22-15)16(17)12-21-11-13-4-5-13;2*3-2(4,5)1(6)7/h2-3,8-9,13,16H,4-7,10-12H2,1H3;2*(H,6,7). The van der Waals surface area contributed by atoms with Crippen LogP contribution in [0.1, 0.15) is 35.9 Å². The van der Waals surface area contributed by atoms with Gasteiger partial charge in [0.05, 0.1) is 37.3 Å². The molecule has 0 amide bonds. The summed E-state index contributed by atoms with van der Waals surface area (Å²) in [6.45, 7) is 3.49. The normalized spacial score (nSPS) is 17.8. The molecular weight excluding hydrogens is 504 g/mol. The Morgan fingerprint density at radius 1 is 1.11 bits per heavy atom. The molecule has 1 unspecified atom stereocenters. The van der Waals surface area contributed by atoms with Crippen molar-refractivity contribution in [1.82, 2.24) is 14.7 Å². The summed E-state index contributed by atoms with van der Waals surface area (Å²) in [6, 6.07) is 4.26. The SMILES string of the molecule is Cn1ncc2c1C(COCC1CC1)N(Cc1ccco1)CC2.O=C(O)C(F)(F)F.O=C(O)C(F)(F)F. The molecule has 2 aliphatic rings. The van der Waals surface area contributed by atoms with E-state index >= 15 is 0 Å². The van der Waals surface area contributed by atoms with Gasteiger partial charge in [-0.3, -0.25) is 9.58 Å². The van der Waals surface area contributed by atoms with E-state index in [9.17, 15) is 26.3 Å². The number of alkyl halides is 6. The summed E-state index contributed by atoms with van der Waals surface area (Å²) in [7, 11) is 2.03. The molecule has 2 aromatic rings. The van der Waals surface area contributed by atoms with Gasteiger partial charge in [0, 0.05) is 20.2 Å². The minimum atomic E-state index is -5.08. The Hall–Kier alpha value is -3.07. The van der Waals surface area contributed by atoms with Gasteiger partial charge in [-0.1, -0.05) is 0 Å². The molecular formula is C21H25F6N3O6. The lowest BCUT2D eigenvalue weighted by molar-refractivity contribution is -0.193. The molecule has 0 aromatic carbocycles. The lowest BCUT2D eigenvalue weighted by Crippen LogP contribution is -2.38. The first kappa shape index (κ1) is 29.2. The van der Waals surface area contributed by atoms with Crippen LogP contribution in [-0.4, -0.2) is 68.9 Å². The van der Waals surface area contributed by atoms with E-state index in [1.54, 1.807) is 6.26 Å². The minimum Gasteiger partial charge on any atom is -0.475 e. The second kappa shape index (κ2) is 12.3. The molecule has 0 spiro atoms. The van der Waals surface area contributed by atoms with E-state index in [2.05, 4.69) is 10.00 Å². The van der Waals surface area contributed by atoms with Gasteiger partial charge in [-0.25, -0.2) is 9.59 Å². The first-order valence-electron chi connectivity index (χ1n) is 10.6. The number of furan rings is 1. The average molecular weight is 529 g/mol. The molecule has 2 N–H and O–H groups in total. The van der Waals surface area contributed by atoms with Crippen molar-refractivity contribution in [3.05, 3.63) is 41.6 Å². The third kappa shape index (κ3) is 9.18. The van der Waals surface area contributed by atoms with Gasteiger partial charge >= 0.3 is 24.3 Å². The molecule has 0 bridgehead atoms. The molecule has 1 saturated carbocycles. The number of aliphatic carboxylic acids is 2. The fourth-order valence-electron chi connectivity index (χ4n) is 3.31. The Morgan fingerprint density at radius 2 is 1.69 bits per heavy atom. The average Bonchev–Trinajstić information content (AvgIpc) is 3.30. The Balaban J connectivity index is 0.000000271. The molecule has 36 heavy (non-hydrogen) atoms. The van der Waals surface area contributed by atoms with E-state index < -0.39 is 24.3 Å². The summed E-state index contributed by atoms with van der Waals surface area (Å²) in [4.78, 5) is 20.2. The number of hydrogen-bond donors (Lipinski definition) is 2. The topological polar surface area (TPSA) is 118 Å². The molecule has 15 heteroatoms. The largest absolute Gasteiger partial charge is 0.490 e. The molecule has 1 aliphatic heterocycles. The first-order chi connectivity index (χ1) is 16.7. The van der Waals surface area contributed by atoms with E-state index in [1.807, 2.05) is 30.1 Å². The molecule has 1 atom stereocenters. The van der Waals surface area contributed by atoms with E-state index in [4.69, 9.17) is 29.0 Å². The molecule has 202 valence electrons. The number of aryl methyl sites for hydroxylation is 1. The maximum Gasteiger partial charge on any atom is 0.490 e. The number of carboxylic acids is 2. The van der Waals surface area contributed by atoms with Gasteiger partial charge in [-0.15, -0.1) is 0 Å². The van der Waals surface area contributed by atoms with Crippen LogP contribution in [0.2, 0.25) is 0 Å². The van der Waals surface area contributed by atoms with Crippen LogP contribution in [-0.2, 0) is 34.3 Å². The molecule has 0 saturated heterocycles. The number of halogens is 6. The Morgan fingerprint density at radius 3 is 2.17 bits per heavy atom. The zero-order chi connectivity index (χ0) is 27.1. The van der Waals surface area contributed by atoms with Crippen molar-refractivity contribution in [1.29, 1.82) is 0 Å². The molecule has 4 rings (SSSR count). The second-order valence-corrected chi connectivity index (χ2v) is 8.08. The molecule has 9 nitrogen and oxygen atoms in total. The summed E-state index contributed by atoms with van der Waals surface area (Å²) < 4.78 is 77.0. The van der Waals surface area contributed by atoms with E-state index in [-0.39, 0.29) is 6.04 Å². The Bertz CT molecular complexity index is 961. The van der Waals surface area contributed by atoms with Crippen LogP contribution in [0, 0.1) is 5.92 Å². The number of aromatic nitrogens is 2. The Kier molecular flexibility index (Phi) is 9.93. The van der Waals surface area contributed by atoms with Crippen LogP contribution >= 0.6 is 0 Å².